The van der Waals surface area contributed by atoms with Gasteiger partial charge in [0.15, 0.2) is 5.82 Å². The average molecular weight is 624 g/mol. The van der Waals surface area contributed by atoms with E-state index in [4.69, 9.17) is 21.1 Å². The van der Waals surface area contributed by atoms with Gasteiger partial charge in [-0.3, -0.25) is 4.79 Å². The van der Waals surface area contributed by atoms with Crippen molar-refractivity contribution in [3.63, 3.8) is 0 Å². The number of halogens is 1. The highest BCUT2D eigenvalue weighted by atomic mass is 35.5. The first-order valence-electron chi connectivity index (χ1n) is 15.4. The Morgan fingerprint density at radius 1 is 0.932 bits per heavy atom. The quantitative estimate of drug-likeness (QED) is 0.290. The number of carbonyl (C=O) groups excluding carboxylic acids is 3. The first-order valence-corrected chi connectivity index (χ1v) is 15.7. The number of carbonyl (C=O) groups is 3. The van der Waals surface area contributed by atoms with E-state index < -0.39 is 23.4 Å². The van der Waals surface area contributed by atoms with Crippen molar-refractivity contribution in [1.29, 1.82) is 0 Å². The maximum Gasteiger partial charge on any atom is 0.425 e. The topological polar surface area (TPSA) is 107 Å². The molecule has 1 aliphatic heterocycles. The number of amides is 3. The predicted molar refractivity (Wildman–Crippen MR) is 170 cm³/mol. The van der Waals surface area contributed by atoms with Crippen LogP contribution in [0, 0.1) is 6.92 Å². The molecule has 236 valence electrons. The molecule has 11 heteroatoms. The third-order valence-corrected chi connectivity index (χ3v) is 8.28. The normalized spacial score (nSPS) is 16.0. The molecule has 0 unspecified atom stereocenters. The highest BCUT2D eigenvalue weighted by Gasteiger charge is 2.36. The molecule has 0 spiro atoms. The Hall–Kier alpha value is -3.66. The number of hydrogen-bond acceptors (Lipinski definition) is 7. The fourth-order valence-electron chi connectivity index (χ4n) is 5.93. The molecular weight excluding hydrogens is 582 g/mol. The van der Waals surface area contributed by atoms with Gasteiger partial charge < -0.3 is 18.9 Å². The van der Waals surface area contributed by atoms with Crippen molar-refractivity contribution in [2.75, 3.05) is 18.0 Å². The van der Waals surface area contributed by atoms with Crippen molar-refractivity contribution in [3.8, 4) is 5.82 Å². The fraction of sp³-hybridized carbons (Fsp3) is 0.545. The van der Waals surface area contributed by atoms with Crippen LogP contribution in [0.5, 0.6) is 0 Å². The minimum atomic E-state index is -0.909. The lowest BCUT2D eigenvalue weighted by Gasteiger charge is -2.33. The van der Waals surface area contributed by atoms with Crippen LogP contribution in [0.2, 0.25) is 5.02 Å². The number of hydrogen-bond donors (Lipinski definition) is 0. The van der Waals surface area contributed by atoms with E-state index in [1.807, 2.05) is 27.8 Å². The Balaban J connectivity index is 1.65. The Bertz CT molecular complexity index is 1560. The van der Waals surface area contributed by atoms with Gasteiger partial charge in [0, 0.05) is 30.2 Å². The summed E-state index contributed by atoms with van der Waals surface area (Å²) in [4.78, 5) is 52.0. The highest BCUT2D eigenvalue weighted by molar-refractivity contribution is 6.35. The summed E-state index contributed by atoms with van der Waals surface area (Å²) < 4.78 is 13.0. The molecular formula is C33H42ClN5O5. The number of nitrogens with zero attached hydrogens (tertiary/aromatic N) is 5. The molecule has 10 nitrogen and oxygen atoms in total. The molecule has 3 heterocycles. The summed E-state index contributed by atoms with van der Waals surface area (Å²) in [5, 5.41) is 1.35. The van der Waals surface area contributed by atoms with Crippen LogP contribution in [0.1, 0.15) is 107 Å². The van der Waals surface area contributed by atoms with Crippen molar-refractivity contribution < 1.29 is 23.9 Å². The minimum Gasteiger partial charge on any atom is -0.443 e. The zero-order chi connectivity index (χ0) is 32.0. The van der Waals surface area contributed by atoms with Crippen molar-refractivity contribution in [3.05, 3.63) is 46.4 Å². The fourth-order valence-corrected chi connectivity index (χ4v) is 6.22. The van der Waals surface area contributed by atoms with E-state index >= 15 is 0 Å². The maximum atomic E-state index is 13.7. The van der Waals surface area contributed by atoms with E-state index in [9.17, 15) is 14.4 Å². The van der Waals surface area contributed by atoms with Crippen LogP contribution in [-0.4, -0.2) is 61.8 Å². The molecule has 0 bridgehead atoms. The van der Waals surface area contributed by atoms with Gasteiger partial charge in [-0.15, -0.1) is 0 Å². The molecule has 1 aliphatic carbocycles. The van der Waals surface area contributed by atoms with Crippen LogP contribution in [0.4, 0.5) is 15.4 Å². The first-order chi connectivity index (χ1) is 20.7. The number of imide groups is 1. The summed E-state index contributed by atoms with van der Waals surface area (Å²) in [5.41, 5.74) is 1.11. The van der Waals surface area contributed by atoms with Crippen LogP contribution in [0.25, 0.3) is 16.7 Å². The zero-order valence-corrected chi connectivity index (χ0v) is 27.5. The van der Waals surface area contributed by atoms with Gasteiger partial charge in [-0.05, 0) is 91.3 Å². The van der Waals surface area contributed by atoms with Gasteiger partial charge >= 0.3 is 12.2 Å². The smallest absolute Gasteiger partial charge is 0.425 e. The standard InChI is InChI=1S/C33H42ClN5O5/c1-20-27(35-19-36-28(20)39(30(41)43-32(2,3)4)31(42)44-33(5,6)7)38-17-14-22-24(38)18-23(34)26(29(40)37-15-11-16-37)25(22)21-12-9-8-10-13-21/h14,17-19,21H,8-13,15-16H2,1-7H3. The molecule has 3 aromatic rings. The predicted octanol–water partition coefficient (Wildman–Crippen LogP) is 7.95. The van der Waals surface area contributed by atoms with Crippen LogP contribution in [0.3, 0.4) is 0 Å². The second kappa shape index (κ2) is 12.0. The molecule has 2 fully saturated rings. The summed E-state index contributed by atoms with van der Waals surface area (Å²) in [6.45, 7) is 13.5. The number of fused-ring (bicyclic) bond motifs is 1. The summed E-state index contributed by atoms with van der Waals surface area (Å²) in [6, 6.07) is 3.82. The highest BCUT2D eigenvalue weighted by Crippen LogP contribution is 2.43. The van der Waals surface area contributed by atoms with E-state index in [-0.39, 0.29) is 17.6 Å². The van der Waals surface area contributed by atoms with Crippen molar-refractivity contribution in [2.45, 2.75) is 104 Å². The third-order valence-electron chi connectivity index (χ3n) is 7.98. The second-order valence-electron chi connectivity index (χ2n) is 13.7. The number of aromatic nitrogens is 3. The molecule has 0 N–H and O–H groups in total. The number of anilines is 1. The summed E-state index contributed by atoms with van der Waals surface area (Å²) >= 11 is 6.97. The second-order valence-corrected chi connectivity index (χ2v) is 14.1. The van der Waals surface area contributed by atoms with E-state index in [0.29, 0.717) is 22.0 Å². The molecule has 3 amide bonds. The van der Waals surface area contributed by atoms with E-state index in [1.165, 1.54) is 12.7 Å². The minimum absolute atomic E-state index is 0.0117. The lowest BCUT2D eigenvalue weighted by Crippen LogP contribution is -2.44. The summed E-state index contributed by atoms with van der Waals surface area (Å²) in [7, 11) is 0. The van der Waals surface area contributed by atoms with Gasteiger partial charge in [0.05, 0.1) is 16.1 Å². The summed E-state index contributed by atoms with van der Waals surface area (Å²) in [5.74, 6) is 0.707. The number of benzene rings is 1. The zero-order valence-electron chi connectivity index (χ0n) is 26.7. The first kappa shape index (κ1) is 31.8. The third kappa shape index (κ3) is 6.41. The molecule has 0 radical (unpaired) electrons. The summed E-state index contributed by atoms with van der Waals surface area (Å²) in [6.07, 6.45) is 7.77. The maximum absolute atomic E-state index is 13.7. The monoisotopic (exact) mass is 623 g/mol. The van der Waals surface area contributed by atoms with E-state index in [1.54, 1.807) is 48.5 Å². The van der Waals surface area contributed by atoms with Crippen LogP contribution >= 0.6 is 11.6 Å². The molecule has 5 rings (SSSR count). The van der Waals surface area contributed by atoms with Crippen LogP contribution < -0.4 is 4.90 Å². The van der Waals surface area contributed by atoms with Gasteiger partial charge in [-0.1, -0.05) is 30.9 Å². The molecule has 2 aliphatic rings. The molecule has 1 saturated heterocycles. The number of ether oxygens (including phenoxy) is 2. The molecule has 2 aromatic heterocycles. The van der Waals surface area contributed by atoms with Gasteiger partial charge in [-0.2, -0.15) is 4.90 Å². The largest absolute Gasteiger partial charge is 0.443 e. The van der Waals surface area contributed by atoms with Gasteiger partial charge in [0.1, 0.15) is 23.3 Å². The van der Waals surface area contributed by atoms with Gasteiger partial charge in [0.25, 0.3) is 5.91 Å². The SMILES string of the molecule is Cc1c(N(C(=O)OC(C)(C)C)C(=O)OC(C)(C)C)ncnc1-n1ccc2c(C3CCCCC3)c(C(=O)N3CCC3)c(Cl)cc21. The Labute approximate surface area is 263 Å². The number of rotatable bonds is 4. The van der Waals surface area contributed by atoms with E-state index in [2.05, 4.69) is 9.97 Å². The van der Waals surface area contributed by atoms with E-state index in [0.717, 1.165) is 66.6 Å². The molecule has 44 heavy (non-hydrogen) atoms. The number of likely N-dealkylation sites (tertiary alicyclic amines) is 1. The van der Waals surface area contributed by atoms with Crippen LogP contribution in [0.15, 0.2) is 24.7 Å². The average Bonchev–Trinajstić information content (AvgIpc) is 3.29. The molecule has 1 aromatic carbocycles. The Kier molecular flexibility index (Phi) is 8.68. The Morgan fingerprint density at radius 3 is 2.09 bits per heavy atom. The lowest BCUT2D eigenvalue weighted by molar-refractivity contribution is 0.0428. The van der Waals surface area contributed by atoms with Crippen molar-refractivity contribution >= 4 is 46.4 Å². The Morgan fingerprint density at radius 2 is 1.55 bits per heavy atom. The van der Waals surface area contributed by atoms with Gasteiger partial charge in [0.2, 0.25) is 0 Å². The molecule has 0 atom stereocenters. The van der Waals surface area contributed by atoms with Crippen molar-refractivity contribution in [2.24, 2.45) is 0 Å². The lowest BCUT2D eigenvalue weighted by atomic mass is 9.80. The molecule has 1 saturated carbocycles. The van der Waals surface area contributed by atoms with Crippen molar-refractivity contribution in [1.82, 2.24) is 19.4 Å². The van der Waals surface area contributed by atoms with Crippen LogP contribution in [-0.2, 0) is 9.47 Å². The van der Waals surface area contributed by atoms with Gasteiger partial charge in [-0.25, -0.2) is 19.6 Å².